The number of aromatic amines is 1. The Balaban J connectivity index is 1.48. The first-order chi connectivity index (χ1) is 13.1. The lowest BCUT2D eigenvalue weighted by atomic mass is 10.2. The maximum Gasteiger partial charge on any atom is 0.322 e. The van der Waals surface area contributed by atoms with Crippen LogP contribution in [0.25, 0.3) is 11.4 Å². The number of aryl methyl sites for hydroxylation is 2. The van der Waals surface area contributed by atoms with Crippen molar-refractivity contribution in [1.29, 1.82) is 0 Å². The Hall–Kier alpha value is -2.67. The zero-order chi connectivity index (χ0) is 18.8. The SMILES string of the molecule is CCc1nc(-c2cccc(NC(=O)N(Cc3ccc(C)s3)C3CC3)c2)n[nH]1. The minimum atomic E-state index is -0.0510. The first-order valence-electron chi connectivity index (χ1n) is 9.27. The molecular weight excluding hydrogens is 358 g/mol. The number of H-pyrrole nitrogens is 1. The standard InChI is InChI=1S/C20H23N5OS/c1-3-18-22-19(24-23-18)14-5-4-6-15(11-14)21-20(26)25(16-8-9-16)12-17-10-7-13(2)27-17/h4-7,10-11,16H,3,8-9,12H2,1-2H3,(H,21,26)(H,22,23,24). The monoisotopic (exact) mass is 381 g/mol. The minimum absolute atomic E-state index is 0.0510. The number of amides is 2. The average Bonchev–Trinajstić information content (AvgIpc) is 3.24. The topological polar surface area (TPSA) is 73.9 Å². The van der Waals surface area contributed by atoms with Crippen LogP contribution in [0.15, 0.2) is 36.4 Å². The molecule has 2 amide bonds. The van der Waals surface area contributed by atoms with Crippen LogP contribution >= 0.6 is 11.3 Å². The summed E-state index contributed by atoms with van der Waals surface area (Å²) in [5, 5.41) is 10.2. The molecule has 0 bridgehead atoms. The molecule has 1 aliphatic carbocycles. The zero-order valence-electron chi connectivity index (χ0n) is 15.5. The number of hydrogen-bond donors (Lipinski definition) is 2. The summed E-state index contributed by atoms with van der Waals surface area (Å²) < 4.78 is 0. The largest absolute Gasteiger partial charge is 0.322 e. The van der Waals surface area contributed by atoms with Crippen molar-refractivity contribution in [1.82, 2.24) is 20.1 Å². The number of carbonyl (C=O) groups is 1. The maximum absolute atomic E-state index is 12.9. The van der Waals surface area contributed by atoms with Gasteiger partial charge in [-0.3, -0.25) is 5.10 Å². The highest BCUT2D eigenvalue weighted by Crippen LogP contribution is 2.30. The molecule has 0 aliphatic heterocycles. The van der Waals surface area contributed by atoms with E-state index in [1.54, 1.807) is 11.3 Å². The summed E-state index contributed by atoms with van der Waals surface area (Å²) in [6.07, 6.45) is 2.96. The first-order valence-corrected chi connectivity index (χ1v) is 10.1. The molecule has 2 N–H and O–H groups in total. The summed E-state index contributed by atoms with van der Waals surface area (Å²) in [6, 6.07) is 12.2. The molecular formula is C20H23N5OS. The normalized spacial score (nSPS) is 13.6. The van der Waals surface area contributed by atoms with Crippen molar-refractivity contribution in [3.63, 3.8) is 0 Å². The predicted octanol–water partition coefficient (Wildman–Crippen LogP) is 4.60. The van der Waals surface area contributed by atoms with Crippen LogP contribution in [0.5, 0.6) is 0 Å². The van der Waals surface area contributed by atoms with Crippen LogP contribution in [-0.4, -0.2) is 32.2 Å². The molecule has 27 heavy (non-hydrogen) atoms. The number of carbonyl (C=O) groups excluding carboxylic acids is 1. The lowest BCUT2D eigenvalue weighted by Crippen LogP contribution is -2.36. The van der Waals surface area contributed by atoms with Gasteiger partial charge in [0.15, 0.2) is 5.82 Å². The highest BCUT2D eigenvalue weighted by Gasteiger charge is 2.33. The molecule has 1 saturated carbocycles. The van der Waals surface area contributed by atoms with Gasteiger partial charge in [-0.05, 0) is 44.0 Å². The molecule has 0 saturated heterocycles. The molecule has 0 atom stereocenters. The number of benzene rings is 1. The number of thiophene rings is 1. The Morgan fingerprint density at radius 1 is 1.33 bits per heavy atom. The second kappa shape index (κ2) is 7.52. The third kappa shape index (κ3) is 4.19. The predicted molar refractivity (Wildman–Crippen MR) is 108 cm³/mol. The molecule has 1 aliphatic rings. The van der Waals surface area contributed by atoms with Crippen molar-refractivity contribution in [2.45, 2.75) is 45.7 Å². The van der Waals surface area contributed by atoms with E-state index >= 15 is 0 Å². The fourth-order valence-electron chi connectivity index (χ4n) is 3.00. The van der Waals surface area contributed by atoms with Crippen LogP contribution in [-0.2, 0) is 13.0 Å². The van der Waals surface area contributed by atoms with E-state index in [4.69, 9.17) is 0 Å². The first kappa shape index (κ1) is 17.7. The molecule has 1 aromatic carbocycles. The highest BCUT2D eigenvalue weighted by atomic mass is 32.1. The Morgan fingerprint density at radius 2 is 2.19 bits per heavy atom. The Morgan fingerprint density at radius 3 is 2.85 bits per heavy atom. The van der Waals surface area contributed by atoms with Crippen LogP contribution in [0.4, 0.5) is 10.5 Å². The smallest absolute Gasteiger partial charge is 0.316 e. The van der Waals surface area contributed by atoms with E-state index in [2.05, 4.69) is 39.6 Å². The molecule has 0 unspecified atom stereocenters. The Labute approximate surface area is 162 Å². The molecule has 2 heterocycles. The third-order valence-electron chi connectivity index (χ3n) is 4.61. The van der Waals surface area contributed by atoms with Gasteiger partial charge in [0, 0.05) is 33.5 Å². The molecule has 6 nitrogen and oxygen atoms in total. The summed E-state index contributed by atoms with van der Waals surface area (Å²) in [5.41, 5.74) is 1.64. The van der Waals surface area contributed by atoms with Gasteiger partial charge in [-0.15, -0.1) is 11.3 Å². The van der Waals surface area contributed by atoms with E-state index in [-0.39, 0.29) is 6.03 Å². The molecule has 7 heteroatoms. The van der Waals surface area contributed by atoms with Crippen LogP contribution in [0.3, 0.4) is 0 Å². The summed E-state index contributed by atoms with van der Waals surface area (Å²) in [6.45, 7) is 4.78. The number of hydrogen-bond acceptors (Lipinski definition) is 4. The van der Waals surface area contributed by atoms with Gasteiger partial charge in [-0.2, -0.15) is 5.10 Å². The van der Waals surface area contributed by atoms with E-state index in [1.165, 1.54) is 9.75 Å². The van der Waals surface area contributed by atoms with Crippen molar-refractivity contribution in [3.05, 3.63) is 52.0 Å². The van der Waals surface area contributed by atoms with Gasteiger partial charge in [0.25, 0.3) is 0 Å². The third-order valence-corrected chi connectivity index (χ3v) is 5.59. The van der Waals surface area contributed by atoms with Gasteiger partial charge in [0.2, 0.25) is 0 Å². The fraction of sp³-hybridized carbons (Fsp3) is 0.350. The molecule has 140 valence electrons. The quantitative estimate of drug-likeness (QED) is 0.655. The number of nitrogens with zero attached hydrogens (tertiary/aromatic N) is 3. The van der Waals surface area contributed by atoms with E-state index in [0.717, 1.165) is 36.3 Å². The van der Waals surface area contributed by atoms with Gasteiger partial charge < -0.3 is 10.2 Å². The summed E-state index contributed by atoms with van der Waals surface area (Å²) in [4.78, 5) is 21.8. The van der Waals surface area contributed by atoms with E-state index < -0.39 is 0 Å². The Bertz CT molecular complexity index is 943. The van der Waals surface area contributed by atoms with Crippen LogP contribution in [0, 0.1) is 6.92 Å². The molecule has 0 radical (unpaired) electrons. The number of rotatable bonds is 6. The minimum Gasteiger partial charge on any atom is -0.316 e. The molecule has 3 aromatic rings. The van der Waals surface area contributed by atoms with Crippen LogP contribution < -0.4 is 5.32 Å². The van der Waals surface area contributed by atoms with Crippen LogP contribution in [0.2, 0.25) is 0 Å². The van der Waals surface area contributed by atoms with E-state index in [0.29, 0.717) is 18.4 Å². The van der Waals surface area contributed by atoms with Gasteiger partial charge in [0.1, 0.15) is 5.82 Å². The maximum atomic E-state index is 12.9. The average molecular weight is 382 g/mol. The summed E-state index contributed by atoms with van der Waals surface area (Å²) in [5.74, 6) is 1.50. The lowest BCUT2D eigenvalue weighted by Gasteiger charge is -2.22. The van der Waals surface area contributed by atoms with Crippen molar-refractivity contribution >= 4 is 23.1 Å². The lowest BCUT2D eigenvalue weighted by molar-refractivity contribution is 0.206. The number of urea groups is 1. The summed E-state index contributed by atoms with van der Waals surface area (Å²) >= 11 is 1.75. The molecule has 0 spiro atoms. The number of aromatic nitrogens is 3. The van der Waals surface area contributed by atoms with Crippen molar-refractivity contribution in [2.75, 3.05) is 5.32 Å². The van der Waals surface area contributed by atoms with Crippen molar-refractivity contribution < 1.29 is 4.79 Å². The van der Waals surface area contributed by atoms with Gasteiger partial charge in [0.05, 0.1) is 6.54 Å². The molecule has 4 rings (SSSR count). The molecule has 2 aromatic heterocycles. The highest BCUT2D eigenvalue weighted by molar-refractivity contribution is 7.11. The Kier molecular flexibility index (Phi) is 4.94. The van der Waals surface area contributed by atoms with Gasteiger partial charge >= 0.3 is 6.03 Å². The van der Waals surface area contributed by atoms with Gasteiger partial charge in [-0.1, -0.05) is 19.1 Å². The number of anilines is 1. The van der Waals surface area contributed by atoms with Crippen LogP contribution in [0.1, 0.15) is 35.3 Å². The summed E-state index contributed by atoms with van der Waals surface area (Å²) in [7, 11) is 0. The van der Waals surface area contributed by atoms with Crippen molar-refractivity contribution in [3.8, 4) is 11.4 Å². The van der Waals surface area contributed by atoms with E-state index in [1.807, 2.05) is 36.1 Å². The number of nitrogens with one attached hydrogen (secondary N) is 2. The fourth-order valence-corrected chi connectivity index (χ4v) is 3.89. The zero-order valence-corrected chi connectivity index (χ0v) is 16.3. The second-order valence-electron chi connectivity index (χ2n) is 6.84. The molecule has 1 fully saturated rings. The van der Waals surface area contributed by atoms with Crippen molar-refractivity contribution in [2.24, 2.45) is 0 Å². The second-order valence-corrected chi connectivity index (χ2v) is 8.21. The van der Waals surface area contributed by atoms with Gasteiger partial charge in [-0.25, -0.2) is 9.78 Å². The van der Waals surface area contributed by atoms with E-state index in [9.17, 15) is 4.79 Å².